The van der Waals surface area contributed by atoms with E-state index in [4.69, 9.17) is 35.3 Å². The second kappa shape index (κ2) is 15.9. The van der Waals surface area contributed by atoms with Crippen molar-refractivity contribution in [2.75, 3.05) is 39.0 Å². The summed E-state index contributed by atoms with van der Waals surface area (Å²) in [4.78, 5) is 55.6. The van der Waals surface area contributed by atoms with Gasteiger partial charge in [0.25, 0.3) is 0 Å². The summed E-state index contributed by atoms with van der Waals surface area (Å²) in [5, 5.41) is 14.4. The number of aliphatic hydroxyl groups is 1. The molecule has 3 amide bonds. The van der Waals surface area contributed by atoms with Crippen molar-refractivity contribution >= 4 is 53.8 Å². The number of fused-ring (bicyclic) bond motifs is 5. The van der Waals surface area contributed by atoms with Gasteiger partial charge in [0.2, 0.25) is 11.8 Å². The van der Waals surface area contributed by atoms with Crippen LogP contribution in [0.5, 0.6) is 5.75 Å². The second-order valence-electron chi connectivity index (χ2n) is 13.4. The summed E-state index contributed by atoms with van der Waals surface area (Å²) in [6, 6.07) is 2.60. The maximum absolute atomic E-state index is 14.0. The first-order valence-corrected chi connectivity index (χ1v) is 17.5. The third kappa shape index (κ3) is 8.42. The minimum atomic E-state index is -1.82. The van der Waals surface area contributed by atoms with E-state index < -0.39 is 65.7 Å². The van der Waals surface area contributed by atoms with E-state index in [2.05, 4.69) is 17.9 Å². The highest BCUT2D eigenvalue weighted by Gasteiger charge is 2.64. The fraction of sp³-hybridized carbons (Fsp3) is 0.600. The van der Waals surface area contributed by atoms with E-state index in [1.54, 1.807) is 45.2 Å². The van der Waals surface area contributed by atoms with Crippen molar-refractivity contribution in [3.05, 3.63) is 46.5 Å². The molecule has 13 nitrogen and oxygen atoms in total. The average molecular weight is 738 g/mol. The van der Waals surface area contributed by atoms with Crippen molar-refractivity contribution in [1.29, 1.82) is 0 Å². The highest BCUT2D eigenvalue weighted by molar-refractivity contribution is 7.80. The largest absolute Gasteiger partial charge is 0.495 e. The Kier molecular flexibility index (Phi) is 12.6. The summed E-state index contributed by atoms with van der Waals surface area (Å²) in [5.41, 5.74) is -0.903. The molecule has 0 spiro atoms. The molecule has 0 aliphatic carbocycles. The number of hydrogen-bond donors (Lipinski definition) is 3. The van der Waals surface area contributed by atoms with Crippen LogP contribution in [0, 0.1) is 5.92 Å². The third-order valence-electron chi connectivity index (χ3n) is 9.85. The first-order valence-electron chi connectivity index (χ1n) is 16.4. The van der Waals surface area contributed by atoms with Gasteiger partial charge in [-0.3, -0.25) is 14.9 Å². The normalized spacial score (nSPS) is 32.3. The number of ether oxygens (including phenoxy) is 5. The van der Waals surface area contributed by atoms with Gasteiger partial charge in [-0.15, -0.1) is 0 Å². The molecular formula is C35H48ClN3O10S. The molecule has 2 fully saturated rings. The Morgan fingerprint density at radius 1 is 1.28 bits per heavy atom. The number of rotatable bonds is 7. The number of thiol groups is 1. The fourth-order valence-electron chi connectivity index (χ4n) is 6.49. The quantitative estimate of drug-likeness (QED) is 0.214. The fourth-order valence-corrected chi connectivity index (χ4v) is 6.99. The average Bonchev–Trinajstić information content (AvgIpc) is 3.76. The number of methoxy groups -OCH3 is 2. The van der Waals surface area contributed by atoms with E-state index in [1.165, 1.54) is 38.0 Å². The number of nitrogens with zero attached hydrogens (tertiary/aromatic N) is 2. The molecule has 50 heavy (non-hydrogen) atoms. The molecule has 8 unspecified atom stereocenters. The first-order chi connectivity index (χ1) is 23.5. The maximum atomic E-state index is 14.0. The number of carbonyl (C=O) groups is 4. The molecule has 3 aliphatic heterocycles. The summed E-state index contributed by atoms with van der Waals surface area (Å²) in [7, 11) is 5.98. The van der Waals surface area contributed by atoms with Crippen molar-refractivity contribution in [3.8, 4) is 5.75 Å². The molecule has 276 valence electrons. The summed E-state index contributed by atoms with van der Waals surface area (Å²) >= 11 is 10.8. The molecule has 4 rings (SSSR count). The van der Waals surface area contributed by atoms with Crippen molar-refractivity contribution in [1.82, 2.24) is 10.2 Å². The summed E-state index contributed by atoms with van der Waals surface area (Å²) in [6.07, 6.45) is 1.08. The molecule has 1 aromatic carbocycles. The number of halogens is 1. The highest BCUT2D eigenvalue weighted by atomic mass is 35.5. The molecule has 0 saturated carbocycles. The van der Waals surface area contributed by atoms with E-state index in [-0.39, 0.29) is 30.2 Å². The van der Waals surface area contributed by atoms with Gasteiger partial charge in [-0.1, -0.05) is 42.3 Å². The predicted octanol–water partition coefficient (Wildman–Crippen LogP) is 3.83. The number of likely N-dealkylation sites (N-methyl/N-ethyl adjacent to an activating group) is 1. The van der Waals surface area contributed by atoms with Crippen molar-refractivity contribution in [2.45, 2.75) is 95.2 Å². The molecule has 2 N–H and O–H groups in total. The Labute approximate surface area is 303 Å². The standard InChI is InChI=1S/C35H48ClN3O10S/c1-19-10-9-11-26(46-8)35(44)18-25(47-33(43)37-35)20(2)31-34(4,49-31)27(48-32(42)21(3)38(5)28(40)12-13-50)17-29(41)39(6)23-15-22(14-19)16-24(45-7)30(23)36/h9-11,15-16,20-21,25-27,31,44,50H,12-14,17-18H2,1-8H3,(H,37,43)/b11-9+,19-10+. The van der Waals surface area contributed by atoms with Gasteiger partial charge in [0, 0.05) is 40.0 Å². The summed E-state index contributed by atoms with van der Waals surface area (Å²) in [6.45, 7) is 6.96. The number of amides is 3. The molecule has 8 atom stereocenters. The Balaban J connectivity index is 1.78. The summed E-state index contributed by atoms with van der Waals surface area (Å²) < 4.78 is 29.0. The Bertz CT molecular complexity index is 1540. The van der Waals surface area contributed by atoms with Crippen LogP contribution in [0.1, 0.15) is 52.5 Å². The van der Waals surface area contributed by atoms with Crippen molar-refractivity contribution < 1.29 is 48.0 Å². The van der Waals surface area contributed by atoms with Crippen LogP contribution >= 0.6 is 24.2 Å². The zero-order valence-electron chi connectivity index (χ0n) is 29.7. The van der Waals surface area contributed by atoms with Crippen molar-refractivity contribution in [2.24, 2.45) is 5.92 Å². The van der Waals surface area contributed by atoms with Crippen LogP contribution < -0.4 is 15.0 Å². The topological polar surface area (TPSA) is 156 Å². The van der Waals surface area contributed by atoms with E-state index in [0.29, 0.717) is 23.6 Å². The van der Waals surface area contributed by atoms with Crippen LogP contribution in [-0.2, 0) is 39.8 Å². The number of hydrogen-bond acceptors (Lipinski definition) is 11. The zero-order valence-corrected chi connectivity index (χ0v) is 31.4. The number of alkyl carbamates (subject to hydrolysis) is 1. The van der Waals surface area contributed by atoms with Crippen LogP contribution in [0.3, 0.4) is 0 Å². The number of carbonyl (C=O) groups excluding carboxylic acids is 4. The molecule has 15 heteroatoms. The smallest absolute Gasteiger partial charge is 0.409 e. The number of benzene rings is 1. The minimum absolute atomic E-state index is 0.0489. The van der Waals surface area contributed by atoms with Crippen LogP contribution in [-0.4, -0.2) is 110 Å². The van der Waals surface area contributed by atoms with Gasteiger partial charge >= 0.3 is 12.1 Å². The van der Waals surface area contributed by atoms with E-state index in [0.717, 1.165) is 11.1 Å². The Morgan fingerprint density at radius 2 is 1.98 bits per heavy atom. The van der Waals surface area contributed by atoms with Gasteiger partial charge in [0.05, 0.1) is 25.3 Å². The van der Waals surface area contributed by atoms with E-state index in [1.807, 2.05) is 13.0 Å². The molecule has 3 aliphatic rings. The van der Waals surface area contributed by atoms with Crippen molar-refractivity contribution in [3.63, 3.8) is 0 Å². The number of allylic oxidation sites excluding steroid dienone is 3. The van der Waals surface area contributed by atoms with Crippen LogP contribution in [0.15, 0.2) is 35.9 Å². The lowest BCUT2D eigenvalue weighted by Crippen LogP contribution is -2.63. The van der Waals surface area contributed by atoms with Gasteiger partial charge in [-0.2, -0.15) is 12.6 Å². The SMILES string of the molecule is COc1cc2cc(c1Cl)N(C)C(=O)CC(OC(=O)C(C)N(C)C(=O)CCS)C1(C)OC1C(C)C1CC(O)(NC(=O)O1)C(OC)/C=C/C=C(\C)C2. The maximum Gasteiger partial charge on any atom is 0.409 e. The second-order valence-corrected chi connectivity index (χ2v) is 14.2. The number of anilines is 1. The first kappa shape index (κ1) is 39.5. The molecule has 2 saturated heterocycles. The molecule has 1 aromatic rings. The predicted molar refractivity (Wildman–Crippen MR) is 189 cm³/mol. The highest BCUT2D eigenvalue weighted by Crippen LogP contribution is 2.49. The van der Waals surface area contributed by atoms with Crippen LogP contribution in [0.2, 0.25) is 5.02 Å². The van der Waals surface area contributed by atoms with E-state index >= 15 is 0 Å². The molecule has 3 heterocycles. The third-order valence-corrected chi connectivity index (χ3v) is 10.5. The van der Waals surface area contributed by atoms with Gasteiger partial charge in [-0.25, -0.2) is 9.59 Å². The monoisotopic (exact) mass is 737 g/mol. The Morgan fingerprint density at radius 3 is 2.62 bits per heavy atom. The molecule has 0 aromatic heterocycles. The summed E-state index contributed by atoms with van der Waals surface area (Å²) in [5.74, 6) is -1.30. The van der Waals surface area contributed by atoms with Gasteiger partial charge in [0.1, 0.15) is 40.7 Å². The minimum Gasteiger partial charge on any atom is -0.495 e. The van der Waals surface area contributed by atoms with Gasteiger partial charge in [0.15, 0.2) is 5.72 Å². The van der Waals surface area contributed by atoms with Gasteiger partial charge in [-0.05, 0) is 50.6 Å². The lowest BCUT2D eigenvalue weighted by Gasteiger charge is -2.42. The molecular weight excluding hydrogens is 690 g/mol. The molecule has 4 bridgehead atoms. The van der Waals surface area contributed by atoms with E-state index in [9.17, 15) is 24.3 Å². The Hall–Kier alpha value is -3.30. The molecule has 0 radical (unpaired) electrons. The van der Waals surface area contributed by atoms with Gasteiger partial charge < -0.3 is 38.6 Å². The van der Waals surface area contributed by atoms with Crippen LogP contribution in [0.25, 0.3) is 0 Å². The number of esters is 1. The lowest BCUT2D eigenvalue weighted by atomic mass is 9.83. The number of epoxide rings is 1. The lowest BCUT2D eigenvalue weighted by molar-refractivity contribution is -0.161. The number of nitrogens with one attached hydrogen (secondary N) is 1. The van der Waals surface area contributed by atoms with Crippen LogP contribution in [0.4, 0.5) is 10.5 Å². The zero-order chi connectivity index (χ0) is 37.1.